The van der Waals surface area contributed by atoms with Crippen molar-refractivity contribution in [2.24, 2.45) is 4.99 Å². The van der Waals surface area contributed by atoms with Crippen molar-refractivity contribution in [3.63, 3.8) is 0 Å². The molecule has 2 heterocycles. The van der Waals surface area contributed by atoms with E-state index in [4.69, 9.17) is 9.52 Å². The molecule has 0 radical (unpaired) electrons. The van der Waals surface area contributed by atoms with Crippen molar-refractivity contribution >= 4 is 33.5 Å². The standard InChI is InChI=1S/C34H43N5O5S/c1-6-8-15-30-35-34(18-11-12-19-34)33(41)39(30)21-25-16-17-27(26(20-25)22-38(5)31(40)7-2)28-13-9-10-14-29(28)45(42,43)37-32-23(3)24(4)44-36-32/h9-10,13-14,16-17,20H,6-8,11-12,15,18-19,21-22H2,1-5H3,(H,36,37). The average molecular weight is 634 g/mol. The Morgan fingerprint density at radius 2 is 1.82 bits per heavy atom. The summed E-state index contributed by atoms with van der Waals surface area (Å²) in [5, 5.41) is 3.88. The van der Waals surface area contributed by atoms with Gasteiger partial charge in [-0.05, 0) is 55.9 Å². The summed E-state index contributed by atoms with van der Waals surface area (Å²) in [7, 11) is -2.31. The highest BCUT2D eigenvalue weighted by Gasteiger charge is 2.49. The third-order valence-electron chi connectivity index (χ3n) is 8.98. The van der Waals surface area contributed by atoms with Gasteiger partial charge < -0.3 is 9.42 Å². The molecule has 1 fully saturated rings. The van der Waals surface area contributed by atoms with Crippen LogP contribution in [-0.4, -0.2) is 53.6 Å². The maximum Gasteiger partial charge on any atom is 0.263 e. The fourth-order valence-electron chi connectivity index (χ4n) is 6.25. The molecule has 2 aliphatic rings. The second-order valence-corrected chi connectivity index (χ2v) is 13.8. The predicted octanol–water partition coefficient (Wildman–Crippen LogP) is 6.37. The van der Waals surface area contributed by atoms with E-state index < -0.39 is 15.6 Å². The van der Waals surface area contributed by atoms with Gasteiger partial charge in [-0.3, -0.25) is 24.2 Å². The van der Waals surface area contributed by atoms with Crippen LogP contribution < -0.4 is 4.72 Å². The number of amides is 2. The lowest BCUT2D eigenvalue weighted by Crippen LogP contribution is -2.40. The second kappa shape index (κ2) is 13.2. The molecular weight excluding hydrogens is 590 g/mol. The molecule has 240 valence electrons. The van der Waals surface area contributed by atoms with E-state index in [1.807, 2.05) is 30.0 Å². The number of carbonyl (C=O) groups is 2. The molecule has 0 saturated heterocycles. The van der Waals surface area contributed by atoms with Gasteiger partial charge in [-0.2, -0.15) is 0 Å². The van der Waals surface area contributed by atoms with E-state index in [1.165, 1.54) is 0 Å². The van der Waals surface area contributed by atoms with Crippen molar-refractivity contribution < 1.29 is 22.5 Å². The first-order chi connectivity index (χ1) is 21.5. The first kappa shape index (κ1) is 32.4. The van der Waals surface area contributed by atoms with Crippen molar-refractivity contribution in [3.05, 3.63) is 64.9 Å². The summed E-state index contributed by atoms with van der Waals surface area (Å²) in [6, 6.07) is 12.6. The van der Waals surface area contributed by atoms with E-state index in [1.54, 1.807) is 50.1 Å². The minimum Gasteiger partial charge on any atom is -0.359 e. The predicted molar refractivity (Wildman–Crippen MR) is 174 cm³/mol. The molecular formula is C34H43N5O5S. The number of benzene rings is 2. The lowest BCUT2D eigenvalue weighted by Gasteiger charge is -2.24. The molecule has 1 aliphatic carbocycles. The van der Waals surface area contributed by atoms with Gasteiger partial charge in [-0.25, -0.2) is 8.42 Å². The molecule has 1 N–H and O–H groups in total. The van der Waals surface area contributed by atoms with Gasteiger partial charge in [0.15, 0.2) is 5.82 Å². The van der Waals surface area contributed by atoms with Crippen LogP contribution in [-0.2, 0) is 32.7 Å². The van der Waals surface area contributed by atoms with Gasteiger partial charge in [-0.15, -0.1) is 0 Å². The number of aliphatic imine (C=N–C) groups is 1. The van der Waals surface area contributed by atoms with E-state index in [9.17, 15) is 18.0 Å². The van der Waals surface area contributed by atoms with Crippen molar-refractivity contribution in [2.75, 3.05) is 11.8 Å². The summed E-state index contributed by atoms with van der Waals surface area (Å²) in [5.41, 5.74) is 2.84. The number of aryl methyl sites for hydroxylation is 1. The zero-order chi connectivity index (χ0) is 32.4. The van der Waals surface area contributed by atoms with E-state index in [2.05, 4.69) is 16.8 Å². The van der Waals surface area contributed by atoms with Crippen LogP contribution in [0.2, 0.25) is 0 Å². The van der Waals surface area contributed by atoms with Crippen LogP contribution >= 0.6 is 0 Å². The Morgan fingerprint density at radius 3 is 2.49 bits per heavy atom. The topological polar surface area (TPSA) is 125 Å². The van der Waals surface area contributed by atoms with Crippen LogP contribution in [0.15, 0.2) is 56.9 Å². The largest absolute Gasteiger partial charge is 0.359 e. The van der Waals surface area contributed by atoms with Gasteiger partial charge in [0, 0.05) is 37.6 Å². The normalized spacial score (nSPS) is 16.0. The van der Waals surface area contributed by atoms with E-state index in [0.29, 0.717) is 35.4 Å². The minimum atomic E-state index is -4.05. The smallest absolute Gasteiger partial charge is 0.263 e. The van der Waals surface area contributed by atoms with E-state index in [-0.39, 0.29) is 29.1 Å². The number of amidine groups is 1. The van der Waals surface area contributed by atoms with Crippen molar-refractivity contribution in [1.29, 1.82) is 0 Å². The molecule has 0 atom stereocenters. The Bertz CT molecular complexity index is 1720. The average Bonchev–Trinajstić information content (AvgIpc) is 3.70. The van der Waals surface area contributed by atoms with E-state index >= 15 is 0 Å². The first-order valence-corrected chi connectivity index (χ1v) is 17.3. The number of rotatable bonds is 12. The Hall–Kier alpha value is -3.99. The molecule has 1 spiro atoms. The van der Waals surface area contributed by atoms with Gasteiger partial charge in [0.1, 0.15) is 17.1 Å². The Kier molecular flexibility index (Phi) is 9.48. The third kappa shape index (κ3) is 6.54. The molecule has 11 heteroatoms. The zero-order valence-corrected chi connectivity index (χ0v) is 27.7. The number of sulfonamides is 1. The number of carbonyl (C=O) groups excluding carboxylic acids is 2. The molecule has 1 aromatic heterocycles. The molecule has 2 amide bonds. The fraction of sp³-hybridized carbons (Fsp3) is 0.471. The summed E-state index contributed by atoms with van der Waals surface area (Å²) >= 11 is 0. The molecule has 5 rings (SSSR count). The monoisotopic (exact) mass is 633 g/mol. The third-order valence-corrected chi connectivity index (χ3v) is 10.4. The van der Waals surface area contributed by atoms with Crippen molar-refractivity contribution in [1.82, 2.24) is 15.0 Å². The Balaban J connectivity index is 1.53. The fourth-order valence-corrected chi connectivity index (χ4v) is 7.53. The van der Waals surface area contributed by atoms with Gasteiger partial charge in [0.2, 0.25) is 5.91 Å². The molecule has 45 heavy (non-hydrogen) atoms. The molecule has 1 saturated carbocycles. The summed E-state index contributed by atoms with van der Waals surface area (Å²) < 4.78 is 35.2. The van der Waals surface area contributed by atoms with Gasteiger partial charge in [-0.1, -0.05) is 74.7 Å². The first-order valence-electron chi connectivity index (χ1n) is 15.8. The van der Waals surface area contributed by atoms with Crippen LogP contribution in [0.4, 0.5) is 5.82 Å². The molecule has 2 aromatic carbocycles. The van der Waals surface area contributed by atoms with Gasteiger partial charge in [0.25, 0.3) is 15.9 Å². The molecule has 0 bridgehead atoms. The highest BCUT2D eigenvalue weighted by Crippen LogP contribution is 2.40. The molecule has 10 nitrogen and oxygen atoms in total. The summed E-state index contributed by atoms with van der Waals surface area (Å²) in [6.45, 7) is 8.05. The van der Waals surface area contributed by atoms with Crippen molar-refractivity contribution in [2.45, 2.75) is 103 Å². The Labute approximate surface area is 265 Å². The van der Waals surface area contributed by atoms with Crippen LogP contribution in [0, 0.1) is 13.8 Å². The summed E-state index contributed by atoms with van der Waals surface area (Å²) in [5.74, 6) is 1.57. The Morgan fingerprint density at radius 1 is 1.09 bits per heavy atom. The molecule has 1 aliphatic heterocycles. The highest BCUT2D eigenvalue weighted by molar-refractivity contribution is 7.92. The van der Waals surface area contributed by atoms with Crippen LogP contribution in [0.25, 0.3) is 11.1 Å². The number of hydrogen-bond donors (Lipinski definition) is 1. The van der Waals surface area contributed by atoms with Gasteiger partial charge in [0.05, 0.1) is 11.4 Å². The molecule has 0 unspecified atom stereocenters. The highest BCUT2D eigenvalue weighted by atomic mass is 32.2. The maximum absolute atomic E-state index is 13.8. The van der Waals surface area contributed by atoms with Gasteiger partial charge >= 0.3 is 0 Å². The van der Waals surface area contributed by atoms with Crippen LogP contribution in [0.3, 0.4) is 0 Å². The zero-order valence-electron chi connectivity index (χ0n) is 26.9. The van der Waals surface area contributed by atoms with Crippen LogP contribution in [0.5, 0.6) is 0 Å². The quantitative estimate of drug-likeness (QED) is 0.247. The lowest BCUT2D eigenvalue weighted by atomic mass is 9.96. The van der Waals surface area contributed by atoms with Crippen LogP contribution in [0.1, 0.15) is 87.7 Å². The minimum absolute atomic E-state index is 0.0299. The second-order valence-electron chi connectivity index (χ2n) is 12.2. The number of unbranched alkanes of at least 4 members (excludes halogenated alkanes) is 1. The van der Waals surface area contributed by atoms with E-state index in [0.717, 1.165) is 61.9 Å². The number of hydrogen-bond acceptors (Lipinski definition) is 7. The number of nitrogens with zero attached hydrogens (tertiary/aromatic N) is 4. The number of nitrogens with one attached hydrogen (secondary N) is 1. The summed E-state index contributed by atoms with van der Waals surface area (Å²) in [4.78, 5) is 35.0. The molecule has 3 aromatic rings. The lowest BCUT2D eigenvalue weighted by molar-refractivity contribution is -0.131. The maximum atomic E-state index is 13.8. The SMILES string of the molecule is CCCCC1=NC2(CCCC2)C(=O)N1Cc1ccc(-c2ccccc2S(=O)(=O)Nc2noc(C)c2C)c(CN(C)C(=O)CC)c1. The number of anilines is 1. The summed E-state index contributed by atoms with van der Waals surface area (Å²) in [6.07, 6.45) is 6.67. The van der Waals surface area contributed by atoms with Crippen molar-refractivity contribution in [3.8, 4) is 11.1 Å². The number of aromatic nitrogens is 1.